The number of para-hydroxylation sites is 1. The van der Waals surface area contributed by atoms with Crippen molar-refractivity contribution in [3.63, 3.8) is 0 Å². The van der Waals surface area contributed by atoms with E-state index in [1.165, 1.54) is 44.7 Å². The van der Waals surface area contributed by atoms with E-state index in [2.05, 4.69) is 121 Å². The Kier molecular flexibility index (Phi) is 3.66. The molecule has 0 saturated heterocycles. The van der Waals surface area contributed by atoms with Crippen molar-refractivity contribution in [1.29, 1.82) is 0 Å². The average molecular weight is 410 g/mol. The third-order valence-corrected chi connectivity index (χ3v) is 7.52. The van der Waals surface area contributed by atoms with Crippen LogP contribution in [0.4, 0.5) is 5.69 Å². The maximum Gasteiger partial charge on any atom is 0.0541 e. The molecule has 0 fully saturated rings. The lowest BCUT2D eigenvalue weighted by Crippen LogP contribution is -2.33. The highest BCUT2D eigenvalue weighted by Gasteiger charge is 2.56. The normalized spacial score (nSPS) is 18.8. The van der Waals surface area contributed by atoms with Gasteiger partial charge in [-0.05, 0) is 63.6 Å². The van der Waals surface area contributed by atoms with Crippen molar-refractivity contribution >= 4 is 11.3 Å². The molecule has 1 spiro atoms. The zero-order valence-corrected chi connectivity index (χ0v) is 17.8. The monoisotopic (exact) mass is 409 g/mol. The van der Waals surface area contributed by atoms with Crippen molar-refractivity contribution < 1.29 is 0 Å². The maximum atomic E-state index is 3.69. The Balaban J connectivity index is 1.47. The lowest BCUT2D eigenvalue weighted by molar-refractivity contribution is 0.486. The molecule has 0 bridgehead atoms. The predicted molar refractivity (Wildman–Crippen MR) is 132 cm³/mol. The number of hydrogen-bond donors (Lipinski definition) is 1. The fourth-order valence-electron chi connectivity index (χ4n) is 6.37. The molecule has 0 aromatic heterocycles. The summed E-state index contributed by atoms with van der Waals surface area (Å²) in [4.78, 5) is 0. The highest BCUT2D eigenvalue weighted by Crippen LogP contribution is 2.65. The van der Waals surface area contributed by atoms with E-state index in [1.807, 2.05) is 0 Å². The van der Waals surface area contributed by atoms with Gasteiger partial charge >= 0.3 is 0 Å². The summed E-state index contributed by atoms with van der Waals surface area (Å²) in [6.45, 7) is 0. The van der Waals surface area contributed by atoms with E-state index in [-0.39, 0.29) is 5.41 Å². The highest BCUT2D eigenvalue weighted by molar-refractivity contribution is 5.92. The third-order valence-electron chi connectivity index (χ3n) is 7.52. The Morgan fingerprint density at radius 1 is 0.562 bits per heavy atom. The lowest BCUT2D eigenvalue weighted by Gasteiger charge is -2.37. The van der Waals surface area contributed by atoms with Crippen LogP contribution < -0.4 is 5.32 Å². The zero-order chi connectivity index (χ0) is 21.1. The standard InChI is InChI=1S/C31H23N/c1-2-10-21(11-3-1)32-22-18-19-26-25-14-6-9-17-29(25)31(30(26)20-22)27-15-7-4-12-23(27)24-13-5-8-16-28(24)31/h1-19,30,32H,20H2. The highest BCUT2D eigenvalue weighted by atomic mass is 14.9. The molecule has 152 valence electrons. The molecule has 32 heavy (non-hydrogen) atoms. The maximum absolute atomic E-state index is 3.69. The number of nitrogens with one attached hydrogen (secondary N) is 1. The Bertz CT molecular complexity index is 1380. The number of fused-ring (bicyclic) bond motifs is 10. The second-order valence-corrected chi connectivity index (χ2v) is 9.01. The number of hydrogen-bond acceptors (Lipinski definition) is 1. The number of anilines is 1. The molecule has 7 rings (SSSR count). The first kappa shape index (κ1) is 17.8. The fourth-order valence-corrected chi connectivity index (χ4v) is 6.37. The molecule has 4 aromatic rings. The molecule has 1 heteroatoms. The summed E-state index contributed by atoms with van der Waals surface area (Å²) in [5, 5.41) is 3.69. The summed E-state index contributed by atoms with van der Waals surface area (Å²) in [6.07, 6.45) is 5.62. The largest absolute Gasteiger partial charge is 0.359 e. The van der Waals surface area contributed by atoms with Crippen LogP contribution in [0.2, 0.25) is 0 Å². The summed E-state index contributed by atoms with van der Waals surface area (Å²) in [5.41, 5.74) is 12.2. The van der Waals surface area contributed by atoms with E-state index >= 15 is 0 Å². The van der Waals surface area contributed by atoms with Gasteiger partial charge in [-0.1, -0.05) is 97.1 Å². The van der Waals surface area contributed by atoms with E-state index in [4.69, 9.17) is 0 Å². The molecular formula is C31H23N. The van der Waals surface area contributed by atoms with Gasteiger partial charge in [-0.3, -0.25) is 0 Å². The quantitative estimate of drug-likeness (QED) is 0.363. The Hall–Kier alpha value is -3.84. The van der Waals surface area contributed by atoms with Gasteiger partial charge in [-0.2, -0.15) is 0 Å². The van der Waals surface area contributed by atoms with Gasteiger partial charge in [0.25, 0.3) is 0 Å². The minimum atomic E-state index is -0.145. The lowest BCUT2D eigenvalue weighted by atomic mass is 9.65. The second-order valence-electron chi connectivity index (χ2n) is 9.01. The molecule has 0 saturated carbocycles. The zero-order valence-electron chi connectivity index (χ0n) is 17.8. The van der Waals surface area contributed by atoms with Crippen molar-refractivity contribution in [2.45, 2.75) is 11.8 Å². The van der Waals surface area contributed by atoms with Gasteiger partial charge in [-0.15, -0.1) is 0 Å². The van der Waals surface area contributed by atoms with Crippen LogP contribution >= 0.6 is 0 Å². The first-order valence-corrected chi connectivity index (χ1v) is 11.4. The number of benzene rings is 4. The van der Waals surface area contributed by atoms with Gasteiger partial charge in [-0.25, -0.2) is 0 Å². The van der Waals surface area contributed by atoms with Crippen LogP contribution in [0.25, 0.3) is 16.7 Å². The first-order chi connectivity index (χ1) is 15.9. The second kappa shape index (κ2) is 6.58. The van der Waals surface area contributed by atoms with Crippen molar-refractivity contribution in [3.05, 3.63) is 143 Å². The summed E-state index contributed by atoms with van der Waals surface area (Å²) < 4.78 is 0. The van der Waals surface area contributed by atoms with Crippen molar-refractivity contribution in [2.24, 2.45) is 5.92 Å². The molecular weight excluding hydrogens is 386 g/mol. The summed E-state index contributed by atoms with van der Waals surface area (Å²) >= 11 is 0. The molecule has 0 aliphatic heterocycles. The molecule has 1 unspecified atom stereocenters. The molecule has 1 atom stereocenters. The van der Waals surface area contributed by atoms with E-state index in [9.17, 15) is 0 Å². The van der Waals surface area contributed by atoms with Crippen LogP contribution in [0.5, 0.6) is 0 Å². The van der Waals surface area contributed by atoms with E-state index in [0.717, 1.165) is 12.1 Å². The molecule has 4 aromatic carbocycles. The number of allylic oxidation sites excluding steroid dienone is 4. The first-order valence-electron chi connectivity index (χ1n) is 11.4. The van der Waals surface area contributed by atoms with Crippen LogP contribution in [0.3, 0.4) is 0 Å². The summed E-state index contributed by atoms with van der Waals surface area (Å²) in [6, 6.07) is 37.7. The minimum absolute atomic E-state index is 0.145. The SMILES string of the molecule is C1=C(Nc2ccccc2)CC2C(=C1)c1ccccc1C21c2ccccc2-c2ccccc21. The Morgan fingerprint density at radius 2 is 1.09 bits per heavy atom. The summed E-state index contributed by atoms with van der Waals surface area (Å²) in [5.74, 6) is 0.362. The smallest absolute Gasteiger partial charge is 0.0541 e. The van der Waals surface area contributed by atoms with Crippen LogP contribution in [-0.2, 0) is 5.41 Å². The minimum Gasteiger partial charge on any atom is -0.359 e. The molecule has 1 nitrogen and oxygen atoms in total. The molecule has 0 radical (unpaired) electrons. The van der Waals surface area contributed by atoms with Gasteiger partial charge in [0.2, 0.25) is 0 Å². The Morgan fingerprint density at radius 3 is 1.75 bits per heavy atom. The number of rotatable bonds is 2. The van der Waals surface area contributed by atoms with E-state index < -0.39 is 0 Å². The van der Waals surface area contributed by atoms with Gasteiger partial charge in [0.1, 0.15) is 0 Å². The van der Waals surface area contributed by atoms with Gasteiger partial charge < -0.3 is 5.32 Å². The van der Waals surface area contributed by atoms with Gasteiger partial charge in [0.05, 0.1) is 5.41 Å². The topological polar surface area (TPSA) is 12.0 Å². The fraction of sp³-hybridized carbons (Fsp3) is 0.0968. The van der Waals surface area contributed by atoms with Crippen LogP contribution in [-0.4, -0.2) is 0 Å². The van der Waals surface area contributed by atoms with Crippen LogP contribution in [0.1, 0.15) is 28.7 Å². The Labute approximate surface area is 188 Å². The molecule has 0 amide bonds. The molecule has 0 heterocycles. The molecule has 3 aliphatic carbocycles. The van der Waals surface area contributed by atoms with Crippen LogP contribution in [0.15, 0.2) is 121 Å². The molecule has 1 N–H and O–H groups in total. The van der Waals surface area contributed by atoms with E-state index in [1.54, 1.807) is 0 Å². The van der Waals surface area contributed by atoms with Gasteiger partial charge in [0, 0.05) is 17.3 Å². The van der Waals surface area contributed by atoms with Crippen LogP contribution in [0, 0.1) is 5.92 Å². The summed E-state index contributed by atoms with van der Waals surface area (Å²) in [7, 11) is 0. The van der Waals surface area contributed by atoms with Crippen molar-refractivity contribution in [1.82, 2.24) is 0 Å². The van der Waals surface area contributed by atoms with Crippen molar-refractivity contribution in [2.75, 3.05) is 5.32 Å². The predicted octanol–water partition coefficient (Wildman–Crippen LogP) is 7.41. The van der Waals surface area contributed by atoms with Gasteiger partial charge in [0.15, 0.2) is 0 Å². The average Bonchev–Trinajstić information content (AvgIpc) is 3.32. The third kappa shape index (κ3) is 2.23. The van der Waals surface area contributed by atoms with E-state index in [0.29, 0.717) is 5.92 Å². The van der Waals surface area contributed by atoms with Crippen molar-refractivity contribution in [3.8, 4) is 11.1 Å². The molecule has 3 aliphatic rings.